The summed E-state index contributed by atoms with van der Waals surface area (Å²) >= 11 is 0. The minimum atomic E-state index is -2.54. The molecule has 1 aromatic heterocycles. The van der Waals surface area contributed by atoms with E-state index in [-0.39, 0.29) is 0 Å². The summed E-state index contributed by atoms with van der Waals surface area (Å²) in [7, 11) is -0.872. The predicted octanol–water partition coefficient (Wildman–Crippen LogP) is 2.71. The summed E-state index contributed by atoms with van der Waals surface area (Å²) in [5, 5.41) is 0. The van der Waals surface area contributed by atoms with Crippen molar-refractivity contribution in [3.05, 3.63) is 30.1 Å². The van der Waals surface area contributed by atoms with E-state index in [1.807, 2.05) is 18.2 Å². The van der Waals surface area contributed by atoms with Gasteiger partial charge in [-0.25, -0.2) is 0 Å². The highest BCUT2D eigenvalue weighted by Gasteiger charge is 2.42. The molecule has 0 aliphatic rings. The van der Waals surface area contributed by atoms with Gasteiger partial charge in [0.1, 0.15) is 0 Å². The molecule has 0 saturated carbocycles. The van der Waals surface area contributed by atoms with Crippen molar-refractivity contribution in [2.75, 3.05) is 14.2 Å². The van der Waals surface area contributed by atoms with E-state index in [9.17, 15) is 0 Å². The maximum Gasteiger partial charge on any atom is 0.490 e. The van der Waals surface area contributed by atoms with Crippen molar-refractivity contribution in [1.29, 1.82) is 0 Å². The molecule has 0 amide bonds. The lowest BCUT2D eigenvalue weighted by molar-refractivity contribution is 0.158. The van der Waals surface area contributed by atoms with Crippen LogP contribution in [0.2, 0.25) is 25.7 Å². The third kappa shape index (κ3) is 4.99. The largest absolute Gasteiger partial charge is 0.490 e. The van der Waals surface area contributed by atoms with Crippen LogP contribution in [0.3, 0.4) is 0 Å². The van der Waals surface area contributed by atoms with Gasteiger partial charge in [-0.2, -0.15) is 0 Å². The molecule has 0 aliphatic heterocycles. The van der Waals surface area contributed by atoms with Gasteiger partial charge in [0.15, 0.2) is 8.32 Å². The molecule has 0 radical (unpaired) electrons. The molecule has 4 nitrogen and oxygen atoms in total. The smallest absolute Gasteiger partial charge is 0.416 e. The number of hydrogen-bond donors (Lipinski definition) is 0. The summed E-state index contributed by atoms with van der Waals surface area (Å²) in [4.78, 5) is 4.31. The molecule has 6 heteroatoms. The van der Waals surface area contributed by atoms with Gasteiger partial charge in [-0.1, -0.05) is 6.07 Å². The van der Waals surface area contributed by atoms with Crippen molar-refractivity contribution < 1.29 is 13.0 Å². The van der Waals surface area contributed by atoms with E-state index in [0.29, 0.717) is 0 Å². The highest BCUT2D eigenvalue weighted by molar-refractivity contribution is 6.79. The first-order valence-electron chi connectivity index (χ1n) is 6.11. The molecule has 0 aromatic carbocycles. The number of pyridine rings is 1. The number of rotatable bonds is 7. The molecule has 0 fully saturated rings. The van der Waals surface area contributed by atoms with E-state index in [4.69, 9.17) is 13.0 Å². The fourth-order valence-corrected chi connectivity index (χ4v) is 7.66. The SMILES string of the molecule is CO[Si](CCc1ccccn1)(OC)O[Si](C)(C)C. The van der Waals surface area contributed by atoms with Gasteiger partial charge in [0, 0.05) is 32.2 Å². The van der Waals surface area contributed by atoms with E-state index in [1.54, 1.807) is 20.4 Å². The molecule has 0 aliphatic carbocycles. The highest BCUT2D eigenvalue weighted by Crippen LogP contribution is 2.21. The molecule has 1 heterocycles. The predicted molar refractivity (Wildman–Crippen MR) is 77.0 cm³/mol. The van der Waals surface area contributed by atoms with Crippen molar-refractivity contribution in [3.8, 4) is 0 Å². The van der Waals surface area contributed by atoms with Crippen molar-refractivity contribution >= 4 is 17.1 Å². The average Bonchev–Trinajstić information content (AvgIpc) is 2.34. The molecule has 18 heavy (non-hydrogen) atoms. The minimum absolute atomic E-state index is 0.765. The van der Waals surface area contributed by atoms with E-state index >= 15 is 0 Å². The lowest BCUT2D eigenvalue weighted by Crippen LogP contribution is -2.51. The van der Waals surface area contributed by atoms with E-state index < -0.39 is 17.1 Å². The van der Waals surface area contributed by atoms with Crippen LogP contribution in [-0.2, 0) is 19.4 Å². The van der Waals surface area contributed by atoms with Crippen molar-refractivity contribution in [2.24, 2.45) is 0 Å². The first kappa shape index (κ1) is 15.5. The lowest BCUT2D eigenvalue weighted by Gasteiger charge is -2.32. The molecule has 0 saturated heterocycles. The van der Waals surface area contributed by atoms with Gasteiger partial charge >= 0.3 is 8.80 Å². The molecule has 1 aromatic rings. The fraction of sp³-hybridized carbons (Fsp3) is 0.583. The zero-order chi connectivity index (χ0) is 13.6. The summed E-state index contributed by atoms with van der Waals surface area (Å²) in [5.74, 6) is 0. The quantitative estimate of drug-likeness (QED) is 0.722. The van der Waals surface area contributed by atoms with E-state index in [2.05, 4.69) is 24.6 Å². The zero-order valence-corrected chi connectivity index (χ0v) is 13.9. The Morgan fingerprint density at radius 1 is 1.11 bits per heavy atom. The standard InChI is InChI=1S/C12H23NO3Si2/c1-14-18(15-2,16-17(3,4)5)11-9-12-8-6-7-10-13-12/h6-8,10H,9,11H2,1-5H3. The van der Waals surface area contributed by atoms with E-state index in [0.717, 1.165) is 18.2 Å². The Morgan fingerprint density at radius 2 is 1.78 bits per heavy atom. The normalized spacial score (nSPS) is 12.7. The van der Waals surface area contributed by atoms with Gasteiger partial charge in [0.2, 0.25) is 0 Å². The molecule has 0 unspecified atom stereocenters. The lowest BCUT2D eigenvalue weighted by atomic mass is 10.3. The fourth-order valence-electron chi connectivity index (χ4n) is 1.72. The van der Waals surface area contributed by atoms with Gasteiger partial charge in [-0.15, -0.1) is 0 Å². The minimum Gasteiger partial charge on any atom is -0.416 e. The second-order valence-corrected chi connectivity index (χ2v) is 12.9. The van der Waals surface area contributed by atoms with Crippen molar-refractivity contribution in [3.63, 3.8) is 0 Å². The topological polar surface area (TPSA) is 40.6 Å². The highest BCUT2D eigenvalue weighted by atomic mass is 28.5. The summed E-state index contributed by atoms with van der Waals surface area (Å²) < 4.78 is 17.3. The average molecular weight is 285 g/mol. The third-order valence-corrected chi connectivity index (χ3v) is 8.30. The Labute approximate surface area is 112 Å². The summed E-state index contributed by atoms with van der Waals surface area (Å²) in [6, 6.07) is 6.68. The van der Waals surface area contributed by atoms with Crippen LogP contribution < -0.4 is 0 Å². The van der Waals surface area contributed by atoms with Crippen molar-refractivity contribution in [1.82, 2.24) is 4.98 Å². The molecule has 0 bridgehead atoms. The van der Waals surface area contributed by atoms with Crippen LogP contribution in [0.25, 0.3) is 0 Å². The van der Waals surface area contributed by atoms with E-state index in [1.165, 1.54) is 0 Å². The number of nitrogens with zero attached hydrogens (tertiary/aromatic N) is 1. The van der Waals surface area contributed by atoms with Crippen LogP contribution in [0.4, 0.5) is 0 Å². The van der Waals surface area contributed by atoms with Crippen LogP contribution in [-0.4, -0.2) is 36.3 Å². The Balaban J connectivity index is 2.68. The third-order valence-electron chi connectivity index (χ3n) is 2.50. The van der Waals surface area contributed by atoms with Crippen LogP contribution in [0.15, 0.2) is 24.4 Å². The molecule has 0 atom stereocenters. The monoisotopic (exact) mass is 285 g/mol. The molecule has 102 valence electrons. The second-order valence-electron chi connectivity index (χ2n) is 5.13. The zero-order valence-electron chi connectivity index (χ0n) is 11.9. The van der Waals surface area contributed by atoms with Crippen molar-refractivity contribution in [2.45, 2.75) is 32.1 Å². The van der Waals surface area contributed by atoms with Gasteiger partial charge in [0.25, 0.3) is 0 Å². The Kier molecular flexibility index (Phi) is 5.67. The summed E-state index contributed by atoms with van der Waals surface area (Å²) in [6.45, 7) is 6.44. The van der Waals surface area contributed by atoms with Crippen LogP contribution >= 0.6 is 0 Å². The van der Waals surface area contributed by atoms with Crippen LogP contribution in [0, 0.1) is 0 Å². The van der Waals surface area contributed by atoms with Gasteiger partial charge in [-0.05, 0) is 38.2 Å². The maximum atomic E-state index is 6.15. The molecular weight excluding hydrogens is 262 g/mol. The number of hydrogen-bond acceptors (Lipinski definition) is 4. The van der Waals surface area contributed by atoms with Gasteiger partial charge in [-0.3, -0.25) is 4.98 Å². The molecule has 0 N–H and O–H groups in total. The van der Waals surface area contributed by atoms with Crippen LogP contribution in [0.1, 0.15) is 5.69 Å². The molecule has 0 spiro atoms. The number of aromatic nitrogens is 1. The maximum absolute atomic E-state index is 6.15. The second kappa shape index (κ2) is 6.58. The Hall–Kier alpha value is -0.536. The van der Waals surface area contributed by atoms with Gasteiger partial charge in [0.05, 0.1) is 0 Å². The van der Waals surface area contributed by atoms with Crippen LogP contribution in [0.5, 0.6) is 0 Å². The number of aryl methyl sites for hydroxylation is 1. The first-order chi connectivity index (χ1) is 8.41. The van der Waals surface area contributed by atoms with Gasteiger partial charge < -0.3 is 13.0 Å². The molecular formula is C12H23NO3Si2. The summed E-state index contributed by atoms with van der Waals surface area (Å²) in [6.07, 6.45) is 2.62. The Morgan fingerprint density at radius 3 is 2.22 bits per heavy atom. The first-order valence-corrected chi connectivity index (χ1v) is 11.5. The Bertz CT molecular complexity index is 350. The molecule has 1 rings (SSSR count). The summed E-state index contributed by atoms with van der Waals surface area (Å²) in [5.41, 5.74) is 1.04.